The molecule has 0 bridgehead atoms. The number of aromatic nitrogens is 4. The molecule has 4 aromatic rings. The molecule has 374 valence electrons. The van der Waals surface area contributed by atoms with Crippen molar-refractivity contribution in [2.75, 3.05) is 14.2 Å². The highest BCUT2D eigenvalue weighted by molar-refractivity contribution is 5.88. The molecule has 0 unspecified atom stereocenters. The van der Waals surface area contributed by atoms with Gasteiger partial charge in [-0.15, -0.1) is 0 Å². The van der Waals surface area contributed by atoms with E-state index in [4.69, 9.17) is 33.7 Å². The highest BCUT2D eigenvalue weighted by atomic mass is 16.5. The number of carbonyl (C=O) groups excluding carboxylic acids is 4. The third kappa shape index (κ3) is 9.03. The predicted molar refractivity (Wildman–Crippen MR) is 259 cm³/mol. The van der Waals surface area contributed by atoms with Crippen LogP contribution in [0.15, 0.2) is 36.5 Å². The normalized spacial score (nSPS) is 28.9. The number of imidazole rings is 2. The Morgan fingerprint density at radius 1 is 0.671 bits per heavy atom. The van der Waals surface area contributed by atoms with Gasteiger partial charge in [0.2, 0.25) is 11.8 Å². The van der Waals surface area contributed by atoms with Crippen LogP contribution in [-0.2, 0) is 48.0 Å². The number of ether oxygens (including phenoxy) is 5. The summed E-state index contributed by atoms with van der Waals surface area (Å²) in [7, 11) is 2.64. The van der Waals surface area contributed by atoms with Gasteiger partial charge in [0.05, 0.1) is 68.3 Å². The molecule has 7 heterocycles. The van der Waals surface area contributed by atoms with Crippen molar-refractivity contribution in [3.63, 3.8) is 0 Å². The molecule has 70 heavy (non-hydrogen) atoms. The Morgan fingerprint density at radius 3 is 1.81 bits per heavy atom. The van der Waals surface area contributed by atoms with Crippen LogP contribution in [0.4, 0.5) is 9.59 Å². The Balaban J connectivity index is 0.873. The molecule has 6 aliphatic rings. The molecule has 4 N–H and O–H groups in total. The zero-order valence-electron chi connectivity index (χ0n) is 41.6. The first kappa shape index (κ1) is 47.7. The number of benzene rings is 2. The molecule has 17 heteroatoms. The summed E-state index contributed by atoms with van der Waals surface area (Å²) in [6.07, 6.45) is 7.85. The van der Waals surface area contributed by atoms with E-state index in [-0.39, 0.29) is 72.2 Å². The lowest BCUT2D eigenvalue weighted by Crippen LogP contribution is -2.55. The van der Waals surface area contributed by atoms with Gasteiger partial charge in [0.1, 0.15) is 36.1 Å². The van der Waals surface area contributed by atoms with Gasteiger partial charge in [-0.05, 0) is 158 Å². The highest BCUT2D eigenvalue weighted by Crippen LogP contribution is 2.47. The second kappa shape index (κ2) is 19.3. The fourth-order valence-corrected chi connectivity index (χ4v) is 12.7. The van der Waals surface area contributed by atoms with Gasteiger partial charge in [-0.2, -0.15) is 0 Å². The van der Waals surface area contributed by atoms with Gasteiger partial charge in [0.25, 0.3) is 0 Å². The summed E-state index contributed by atoms with van der Waals surface area (Å²) in [4.78, 5) is 75.6. The van der Waals surface area contributed by atoms with Crippen LogP contribution in [0.1, 0.15) is 133 Å². The summed E-state index contributed by atoms with van der Waals surface area (Å²) < 4.78 is 28.5. The van der Waals surface area contributed by atoms with E-state index in [0.717, 1.165) is 95.0 Å². The van der Waals surface area contributed by atoms with Crippen molar-refractivity contribution >= 4 is 24.0 Å². The maximum Gasteiger partial charge on any atom is 0.407 e. The molecule has 4 saturated heterocycles. The summed E-state index contributed by atoms with van der Waals surface area (Å²) >= 11 is 0. The minimum atomic E-state index is -0.746. The van der Waals surface area contributed by atoms with E-state index in [1.807, 2.05) is 43.7 Å². The smallest absolute Gasteiger partial charge is 0.407 e. The number of alkyl carbamates (subject to hydrolysis) is 2. The minimum Gasteiger partial charge on any atom is -0.488 e. The largest absolute Gasteiger partial charge is 0.488 e. The van der Waals surface area contributed by atoms with E-state index < -0.39 is 24.3 Å². The number of fused-ring (bicyclic) bond motifs is 6. The van der Waals surface area contributed by atoms with E-state index in [9.17, 15) is 19.2 Å². The maximum atomic E-state index is 14.6. The zero-order chi connectivity index (χ0) is 49.1. The van der Waals surface area contributed by atoms with Gasteiger partial charge in [0, 0.05) is 28.9 Å². The Morgan fingerprint density at radius 2 is 1.24 bits per heavy atom. The van der Waals surface area contributed by atoms with Crippen LogP contribution in [0.25, 0.3) is 33.6 Å². The molecular formula is C53H68N8O9. The van der Waals surface area contributed by atoms with Crippen LogP contribution >= 0.6 is 0 Å². The van der Waals surface area contributed by atoms with Crippen molar-refractivity contribution in [3.8, 4) is 39.4 Å². The van der Waals surface area contributed by atoms with E-state index in [2.05, 4.69) is 64.8 Å². The lowest BCUT2D eigenvalue weighted by molar-refractivity contribution is -0.141. The SMILES string of the molecule is COC(=O)N[C@H](C(=O)N1[C@@H](C)CC[C@H]1c1ncc(-c2ccc3c(c2)COc2cc4c(cc2-3)CCc2[nH]c([C@@H]3CC[C@H](C)N3C(=O)[C@@H](NC(=O)OC)C3C[C@@H](C)O[C@H](C)C3)nc2-4)[nH]1)C1C[C@@H](C)O[C@H](C)C1. The second-order valence-corrected chi connectivity index (χ2v) is 20.9. The number of amides is 4. The molecule has 4 amide bonds. The fraction of sp³-hybridized carbons (Fsp3) is 0.585. The van der Waals surface area contributed by atoms with Crippen molar-refractivity contribution in [3.05, 3.63) is 65.0 Å². The number of aryl methyl sites for hydroxylation is 2. The Labute approximate surface area is 409 Å². The summed E-state index contributed by atoms with van der Waals surface area (Å²) in [5.74, 6) is 1.84. The Kier molecular flexibility index (Phi) is 13.2. The van der Waals surface area contributed by atoms with Crippen LogP contribution in [0.5, 0.6) is 5.75 Å². The molecule has 0 saturated carbocycles. The molecule has 0 spiro atoms. The number of aromatic amines is 2. The third-order valence-corrected chi connectivity index (χ3v) is 15.9. The molecular weight excluding hydrogens is 893 g/mol. The predicted octanol–water partition coefficient (Wildman–Crippen LogP) is 8.09. The van der Waals surface area contributed by atoms with Gasteiger partial charge < -0.3 is 54.1 Å². The van der Waals surface area contributed by atoms with Crippen LogP contribution in [0.3, 0.4) is 0 Å². The number of likely N-dealkylation sites (tertiary alicyclic amines) is 2. The topological polar surface area (TPSA) is 202 Å². The van der Waals surface area contributed by atoms with Crippen molar-refractivity contribution in [1.29, 1.82) is 0 Å². The molecule has 2 aromatic carbocycles. The quantitative estimate of drug-likeness (QED) is 0.126. The molecule has 4 fully saturated rings. The van der Waals surface area contributed by atoms with Crippen LogP contribution < -0.4 is 15.4 Å². The summed E-state index contributed by atoms with van der Waals surface area (Å²) in [5.41, 5.74) is 9.19. The molecule has 10 rings (SSSR count). The second-order valence-electron chi connectivity index (χ2n) is 20.9. The number of methoxy groups -OCH3 is 2. The number of hydrogen-bond acceptors (Lipinski definition) is 11. The van der Waals surface area contributed by atoms with Crippen LogP contribution in [-0.4, -0.2) is 117 Å². The van der Waals surface area contributed by atoms with Crippen LogP contribution in [0.2, 0.25) is 0 Å². The molecule has 1 aliphatic carbocycles. The van der Waals surface area contributed by atoms with Crippen molar-refractivity contribution in [2.45, 2.75) is 173 Å². The first-order valence-electron chi connectivity index (χ1n) is 25.4. The number of H-pyrrole nitrogens is 2. The highest BCUT2D eigenvalue weighted by Gasteiger charge is 2.46. The third-order valence-electron chi connectivity index (χ3n) is 15.9. The first-order chi connectivity index (χ1) is 33.7. The summed E-state index contributed by atoms with van der Waals surface area (Å²) in [5, 5.41) is 5.80. The minimum absolute atomic E-state index is 0.0296. The van der Waals surface area contributed by atoms with E-state index in [0.29, 0.717) is 38.1 Å². The first-order valence-corrected chi connectivity index (χ1v) is 25.4. The van der Waals surface area contributed by atoms with E-state index >= 15 is 0 Å². The van der Waals surface area contributed by atoms with Crippen molar-refractivity contribution in [2.24, 2.45) is 11.8 Å². The van der Waals surface area contributed by atoms with E-state index in [1.165, 1.54) is 19.8 Å². The lowest BCUT2D eigenvalue weighted by atomic mass is 9.85. The van der Waals surface area contributed by atoms with E-state index in [1.54, 1.807) is 0 Å². The number of rotatable bonds is 9. The van der Waals surface area contributed by atoms with Crippen molar-refractivity contribution < 1.29 is 42.9 Å². The summed E-state index contributed by atoms with van der Waals surface area (Å²) in [6.45, 7) is 12.6. The number of nitrogens with one attached hydrogen (secondary N) is 4. The van der Waals surface area contributed by atoms with Gasteiger partial charge >= 0.3 is 12.2 Å². The zero-order valence-corrected chi connectivity index (χ0v) is 41.6. The molecule has 17 nitrogen and oxygen atoms in total. The average Bonchev–Trinajstić information content (AvgIpc) is 4.16. The van der Waals surface area contributed by atoms with Gasteiger partial charge in [0.15, 0.2) is 0 Å². The van der Waals surface area contributed by atoms with Gasteiger partial charge in [-0.25, -0.2) is 19.6 Å². The number of carbonyl (C=O) groups is 4. The monoisotopic (exact) mass is 961 g/mol. The van der Waals surface area contributed by atoms with Crippen LogP contribution in [0, 0.1) is 11.8 Å². The van der Waals surface area contributed by atoms with Gasteiger partial charge in [-0.3, -0.25) is 9.59 Å². The van der Waals surface area contributed by atoms with Gasteiger partial charge in [-0.1, -0.05) is 12.1 Å². The maximum absolute atomic E-state index is 14.6. The lowest BCUT2D eigenvalue weighted by Gasteiger charge is -2.39. The molecule has 2 aromatic heterocycles. The Bertz CT molecular complexity index is 2630. The fourth-order valence-electron chi connectivity index (χ4n) is 12.7. The van der Waals surface area contributed by atoms with Crippen molar-refractivity contribution in [1.82, 2.24) is 40.4 Å². The number of nitrogens with zero attached hydrogens (tertiary/aromatic N) is 4. The standard InChI is InChI=1S/C53H68N8O9/c1-26-9-15-42(60(26)50(62)45(58-52(64)66-7)34-17-28(3)69-29(4)18-34)48-54-24-41(56-48)33-11-13-37-36(21-33)25-68-44-23-38-32(22-39(37)44)12-14-40-47(38)57-49(55-40)43-16-10-27(2)61(43)51(63)46(59-53(65)67-8)35-19-30(5)70-31(6)20-35/h11,13,21-24,26-31,34-35,42-43,45-46H,9-10,12,14-20,25H2,1-8H3,(H,54,56)(H,55,57)(H,58,64)(H,59,65)/t26-,27-,28+,29+,30+,31+,42-,43-,45-,46-/m0/s1. The number of hydrogen-bond donors (Lipinski definition) is 4. The average molecular weight is 961 g/mol. The Hall–Kier alpha value is -5.94. The molecule has 0 radical (unpaired) electrons. The molecule has 5 aliphatic heterocycles. The molecule has 10 atom stereocenters. The summed E-state index contributed by atoms with van der Waals surface area (Å²) in [6, 6.07) is 8.67.